The Labute approximate surface area is 196 Å². The quantitative estimate of drug-likeness (QED) is 0.240. The second-order valence-electron chi connectivity index (χ2n) is 9.63. The van der Waals surface area contributed by atoms with Crippen LogP contribution in [-0.4, -0.2) is 62.6 Å². The Morgan fingerprint density at radius 1 is 1.03 bits per heavy atom. The number of carbonyl (C=O) groups excluding carboxylic acids is 3. The molecule has 1 aromatic rings. The molecule has 3 unspecified atom stereocenters. The molecule has 10 nitrogen and oxygen atoms in total. The zero-order valence-corrected chi connectivity index (χ0v) is 19.8. The molecule has 0 heterocycles. The smallest absolute Gasteiger partial charge is 0.302 e. The van der Waals surface area contributed by atoms with E-state index in [4.69, 9.17) is 9.47 Å². The SMILES string of the molecule is CC(=O)OCC(CO)c1c(O)c(O)c2c(c1O)C(=O)C(O)=C1C2(C)CCC(OC(C)=O)C1(C)C. The summed E-state index contributed by atoms with van der Waals surface area (Å²) in [6.45, 7) is 6.36. The summed E-state index contributed by atoms with van der Waals surface area (Å²) in [5.74, 6) is -6.16. The first-order valence-corrected chi connectivity index (χ1v) is 10.9. The van der Waals surface area contributed by atoms with Gasteiger partial charge in [0.25, 0.3) is 0 Å². The van der Waals surface area contributed by atoms with Crippen molar-refractivity contribution in [2.45, 2.75) is 64.9 Å². The maximum atomic E-state index is 13.3. The fourth-order valence-electron chi connectivity index (χ4n) is 5.55. The highest BCUT2D eigenvalue weighted by Gasteiger charge is 2.57. The van der Waals surface area contributed by atoms with Crippen molar-refractivity contribution in [3.8, 4) is 17.2 Å². The average Bonchev–Trinajstić information content (AvgIpc) is 2.73. The van der Waals surface area contributed by atoms with E-state index in [2.05, 4.69) is 0 Å². The van der Waals surface area contributed by atoms with Crippen LogP contribution in [0.15, 0.2) is 11.3 Å². The summed E-state index contributed by atoms with van der Waals surface area (Å²) in [7, 11) is 0. The number of phenolic OH excluding ortho intramolecular Hbond substituents is 3. The molecule has 0 radical (unpaired) electrons. The molecular weight excluding hydrogens is 448 g/mol. The van der Waals surface area contributed by atoms with Crippen molar-refractivity contribution in [3.05, 3.63) is 28.0 Å². The predicted molar refractivity (Wildman–Crippen MR) is 118 cm³/mol. The second kappa shape index (κ2) is 8.50. The van der Waals surface area contributed by atoms with Crippen molar-refractivity contribution in [2.75, 3.05) is 13.2 Å². The lowest BCUT2D eigenvalue weighted by atomic mass is 9.53. The number of aromatic hydroxyl groups is 3. The Kier molecular flexibility index (Phi) is 6.34. The van der Waals surface area contributed by atoms with Crippen LogP contribution in [0.1, 0.15) is 74.9 Å². The molecule has 0 aliphatic heterocycles. The van der Waals surface area contributed by atoms with Crippen LogP contribution in [0.25, 0.3) is 0 Å². The number of esters is 2. The summed E-state index contributed by atoms with van der Waals surface area (Å²) in [6.07, 6.45) is -0.116. The highest BCUT2D eigenvalue weighted by atomic mass is 16.5. The van der Waals surface area contributed by atoms with Crippen LogP contribution >= 0.6 is 0 Å². The van der Waals surface area contributed by atoms with E-state index in [1.165, 1.54) is 6.92 Å². The van der Waals surface area contributed by atoms with Gasteiger partial charge in [-0.25, -0.2) is 0 Å². The van der Waals surface area contributed by atoms with Crippen LogP contribution in [0.5, 0.6) is 17.2 Å². The Balaban J connectivity index is 2.27. The molecule has 10 heteroatoms. The lowest BCUT2D eigenvalue weighted by molar-refractivity contribution is -0.153. The highest BCUT2D eigenvalue weighted by molar-refractivity contribution is 6.13. The van der Waals surface area contributed by atoms with Crippen LogP contribution in [0.3, 0.4) is 0 Å². The van der Waals surface area contributed by atoms with E-state index in [9.17, 15) is 39.9 Å². The number of phenols is 3. The van der Waals surface area contributed by atoms with Gasteiger partial charge in [0.2, 0.25) is 5.78 Å². The molecule has 0 aromatic heterocycles. The standard InChI is InChI=1S/C24H30O10/c1-10(26)33-9-12(8-25)14-17(28)15-16(20(31)18(14)29)24(5)7-6-13(34-11(2)27)23(3,4)22(24)21(32)19(15)30/h12-13,25,28-29,31-32H,6-9H2,1-5H3. The summed E-state index contributed by atoms with van der Waals surface area (Å²) < 4.78 is 10.3. The summed E-state index contributed by atoms with van der Waals surface area (Å²) in [6, 6.07) is 0. The lowest BCUT2D eigenvalue weighted by Crippen LogP contribution is -2.50. The molecule has 0 amide bonds. The summed E-state index contributed by atoms with van der Waals surface area (Å²) in [5, 5.41) is 53.8. The van der Waals surface area contributed by atoms with E-state index in [1.54, 1.807) is 20.8 Å². The number of ether oxygens (including phenoxy) is 2. The van der Waals surface area contributed by atoms with Gasteiger partial charge in [-0.2, -0.15) is 0 Å². The van der Waals surface area contributed by atoms with Crippen molar-refractivity contribution in [3.63, 3.8) is 0 Å². The van der Waals surface area contributed by atoms with Crippen LogP contribution in [0, 0.1) is 5.41 Å². The first-order chi connectivity index (χ1) is 15.7. The zero-order valence-electron chi connectivity index (χ0n) is 19.8. The number of Topliss-reactive ketones (excluding diaryl/α,β-unsaturated/α-hetero) is 1. The molecule has 1 fully saturated rings. The van der Waals surface area contributed by atoms with E-state index < -0.39 is 82.4 Å². The van der Waals surface area contributed by atoms with E-state index in [0.29, 0.717) is 6.42 Å². The number of hydrogen-bond donors (Lipinski definition) is 5. The Morgan fingerprint density at radius 3 is 2.18 bits per heavy atom. The maximum absolute atomic E-state index is 13.3. The molecule has 3 atom stereocenters. The van der Waals surface area contributed by atoms with Crippen LogP contribution in [0.2, 0.25) is 0 Å². The fraction of sp³-hybridized carbons (Fsp3) is 0.542. The molecular formula is C24H30O10. The molecule has 0 saturated heterocycles. The van der Waals surface area contributed by atoms with Gasteiger partial charge >= 0.3 is 11.9 Å². The normalized spacial score (nSPS) is 24.2. The molecule has 34 heavy (non-hydrogen) atoms. The molecule has 1 saturated carbocycles. The third kappa shape index (κ3) is 3.66. The summed E-state index contributed by atoms with van der Waals surface area (Å²) in [4.78, 5) is 36.2. The molecule has 3 rings (SSSR count). The minimum Gasteiger partial charge on any atom is -0.507 e. The number of ketones is 1. The molecule has 0 spiro atoms. The number of benzene rings is 1. The van der Waals surface area contributed by atoms with Gasteiger partial charge in [-0.15, -0.1) is 0 Å². The Bertz CT molecular complexity index is 1100. The lowest BCUT2D eigenvalue weighted by Gasteiger charge is -2.52. The minimum atomic E-state index is -1.20. The van der Waals surface area contributed by atoms with Crippen LogP contribution in [0.4, 0.5) is 0 Å². The van der Waals surface area contributed by atoms with Gasteiger partial charge in [-0.1, -0.05) is 20.8 Å². The Hall–Kier alpha value is -3.27. The summed E-state index contributed by atoms with van der Waals surface area (Å²) >= 11 is 0. The molecule has 0 bridgehead atoms. The van der Waals surface area contributed by atoms with Gasteiger partial charge in [0.15, 0.2) is 17.3 Å². The van der Waals surface area contributed by atoms with E-state index in [1.807, 2.05) is 0 Å². The van der Waals surface area contributed by atoms with E-state index in [-0.39, 0.29) is 23.1 Å². The van der Waals surface area contributed by atoms with Gasteiger partial charge in [0.1, 0.15) is 18.5 Å². The molecule has 2 aliphatic carbocycles. The minimum absolute atomic E-state index is 0.0671. The second-order valence-corrected chi connectivity index (χ2v) is 9.63. The molecule has 5 N–H and O–H groups in total. The third-order valence-corrected chi connectivity index (χ3v) is 7.02. The maximum Gasteiger partial charge on any atom is 0.302 e. The fourth-order valence-corrected chi connectivity index (χ4v) is 5.55. The number of rotatable bonds is 5. The number of carbonyl (C=O) groups is 3. The van der Waals surface area contributed by atoms with Gasteiger partial charge < -0.3 is 35.0 Å². The largest absolute Gasteiger partial charge is 0.507 e. The number of hydrogen-bond acceptors (Lipinski definition) is 10. The number of fused-ring (bicyclic) bond motifs is 3. The third-order valence-electron chi connectivity index (χ3n) is 7.02. The predicted octanol–water partition coefficient (Wildman–Crippen LogP) is 2.46. The zero-order chi connectivity index (χ0) is 25.7. The molecule has 186 valence electrons. The van der Waals surface area contributed by atoms with E-state index >= 15 is 0 Å². The van der Waals surface area contributed by atoms with Crippen molar-refractivity contribution >= 4 is 17.7 Å². The van der Waals surface area contributed by atoms with E-state index in [0.717, 1.165) is 6.92 Å². The van der Waals surface area contributed by atoms with Gasteiger partial charge in [-0.05, 0) is 18.4 Å². The summed E-state index contributed by atoms with van der Waals surface area (Å²) in [5.41, 5.74) is -2.85. The Morgan fingerprint density at radius 2 is 1.65 bits per heavy atom. The van der Waals surface area contributed by atoms with Gasteiger partial charge in [0, 0.05) is 41.7 Å². The van der Waals surface area contributed by atoms with Gasteiger partial charge in [0.05, 0.1) is 12.2 Å². The van der Waals surface area contributed by atoms with Gasteiger partial charge in [-0.3, -0.25) is 14.4 Å². The monoisotopic (exact) mass is 478 g/mol. The average molecular weight is 478 g/mol. The highest BCUT2D eigenvalue weighted by Crippen LogP contribution is 2.62. The molecule has 2 aliphatic rings. The van der Waals surface area contributed by atoms with Crippen LogP contribution < -0.4 is 0 Å². The van der Waals surface area contributed by atoms with Crippen molar-refractivity contribution in [1.29, 1.82) is 0 Å². The van der Waals surface area contributed by atoms with Crippen LogP contribution in [-0.2, 0) is 24.5 Å². The van der Waals surface area contributed by atoms with Crippen molar-refractivity contribution < 1.29 is 49.4 Å². The number of allylic oxidation sites excluding steroid dienone is 1. The topological polar surface area (TPSA) is 171 Å². The first-order valence-electron chi connectivity index (χ1n) is 10.9. The first kappa shape index (κ1) is 25.4. The number of aliphatic hydroxyl groups is 2. The van der Waals surface area contributed by atoms with Crippen molar-refractivity contribution in [2.24, 2.45) is 5.41 Å². The number of aliphatic hydroxyl groups excluding tert-OH is 2. The molecule has 1 aromatic carbocycles. The van der Waals surface area contributed by atoms with Crippen molar-refractivity contribution in [1.82, 2.24) is 0 Å².